The first-order valence-electron chi connectivity index (χ1n) is 13.1. The van der Waals surface area contributed by atoms with Crippen LogP contribution in [0.1, 0.15) is 77.3 Å². The van der Waals surface area contributed by atoms with Crippen molar-refractivity contribution in [3.63, 3.8) is 0 Å². The smallest absolute Gasteiger partial charge is 0.211 e. The van der Waals surface area contributed by atoms with Crippen LogP contribution in [0.4, 0.5) is 18.9 Å². The number of nitrogens with one attached hydrogen (secondary N) is 3. The summed E-state index contributed by atoms with van der Waals surface area (Å²) >= 11 is 5.85. The van der Waals surface area contributed by atoms with E-state index in [1.54, 1.807) is 12.1 Å². The van der Waals surface area contributed by atoms with Gasteiger partial charge < -0.3 is 21.1 Å². The Morgan fingerprint density at radius 2 is 1.54 bits per heavy atom. The average molecular weight is 574 g/mol. The summed E-state index contributed by atoms with van der Waals surface area (Å²) < 4.78 is 41.6. The molecule has 1 fully saturated rings. The molecule has 1 aliphatic rings. The minimum atomic E-state index is -1.06. The Kier molecular flexibility index (Phi) is 18.1. The summed E-state index contributed by atoms with van der Waals surface area (Å²) in [4.78, 5) is 20.4. The summed E-state index contributed by atoms with van der Waals surface area (Å²) in [6.45, 7) is 14.5. The number of halogens is 4. The van der Waals surface area contributed by atoms with E-state index in [1.165, 1.54) is 6.07 Å². The first-order chi connectivity index (χ1) is 18.4. The van der Waals surface area contributed by atoms with E-state index in [0.29, 0.717) is 49.0 Å². The van der Waals surface area contributed by atoms with Crippen molar-refractivity contribution in [1.29, 1.82) is 0 Å². The van der Waals surface area contributed by atoms with Gasteiger partial charge in [-0.2, -0.15) is 0 Å². The number of rotatable bonds is 9. The van der Waals surface area contributed by atoms with Crippen LogP contribution < -0.4 is 16.0 Å². The minimum absolute atomic E-state index is 0.00896. The Balaban J connectivity index is 0.000000799. The van der Waals surface area contributed by atoms with Crippen molar-refractivity contribution in [3.8, 4) is 0 Å². The highest BCUT2D eigenvalue weighted by Crippen LogP contribution is 2.41. The van der Waals surface area contributed by atoms with Crippen LogP contribution in [0.3, 0.4) is 0 Å². The molecule has 39 heavy (non-hydrogen) atoms. The van der Waals surface area contributed by atoms with Gasteiger partial charge in [-0.05, 0) is 41.5 Å². The summed E-state index contributed by atoms with van der Waals surface area (Å²) in [5.41, 5.74) is 1.49. The molecule has 2 amide bonds. The molecule has 6 nitrogen and oxygen atoms in total. The van der Waals surface area contributed by atoms with Crippen LogP contribution in [0, 0.1) is 22.9 Å². The summed E-state index contributed by atoms with van der Waals surface area (Å²) in [6.07, 6.45) is 2.68. The number of amides is 2. The molecule has 220 valence electrons. The molecule has 2 unspecified atom stereocenters. The van der Waals surface area contributed by atoms with E-state index in [4.69, 9.17) is 16.7 Å². The van der Waals surface area contributed by atoms with Crippen LogP contribution >= 0.6 is 11.6 Å². The summed E-state index contributed by atoms with van der Waals surface area (Å²) in [6, 6.07) is 6.70. The molecule has 4 N–H and O–H groups in total. The summed E-state index contributed by atoms with van der Waals surface area (Å²) in [5.74, 6) is -3.25. The fraction of sp³-hybridized carbons (Fsp3) is 0.517. The quantitative estimate of drug-likeness (QED) is 0.207. The second-order valence-electron chi connectivity index (χ2n) is 10.1. The van der Waals surface area contributed by atoms with Gasteiger partial charge in [-0.25, -0.2) is 13.2 Å². The molecule has 1 saturated heterocycles. The zero-order chi connectivity index (χ0) is 30.0. The van der Waals surface area contributed by atoms with Crippen LogP contribution in [0.15, 0.2) is 30.3 Å². The molecule has 0 radical (unpaired) electrons. The fourth-order valence-corrected chi connectivity index (χ4v) is 3.78. The number of unbranched alkanes of at least 4 members (excludes halogenated alkanes) is 1. The fourth-order valence-electron chi connectivity index (χ4n) is 3.59. The molecule has 3 rings (SSSR count). The molecule has 2 atom stereocenters. The first-order valence-corrected chi connectivity index (χ1v) is 13.4. The van der Waals surface area contributed by atoms with Crippen molar-refractivity contribution in [2.24, 2.45) is 5.41 Å². The van der Waals surface area contributed by atoms with Crippen molar-refractivity contribution in [3.05, 3.63) is 63.9 Å². The predicted molar refractivity (Wildman–Crippen MR) is 153 cm³/mol. The molecule has 2 aromatic carbocycles. The first kappa shape index (κ1) is 36.4. The SMILES string of the molecule is CC.CC(C)(C)C.O=CNCCCCO.O=CNc1cc(F)c(F)cc1C1CNCC1c1cccc(Cl)c1F. The van der Waals surface area contributed by atoms with Gasteiger partial charge in [0.1, 0.15) is 5.82 Å². The molecule has 0 aromatic heterocycles. The van der Waals surface area contributed by atoms with E-state index in [1.807, 2.05) is 13.8 Å². The predicted octanol–water partition coefficient (Wildman–Crippen LogP) is 6.38. The molecule has 0 spiro atoms. The molecule has 1 aliphatic heterocycles. The number of carbonyl (C=O) groups is 2. The van der Waals surface area contributed by atoms with Crippen LogP contribution in [0.25, 0.3) is 0 Å². The summed E-state index contributed by atoms with van der Waals surface area (Å²) in [7, 11) is 0. The van der Waals surface area contributed by atoms with Gasteiger partial charge in [0, 0.05) is 49.8 Å². The third-order valence-corrected chi connectivity index (χ3v) is 5.41. The Morgan fingerprint density at radius 1 is 0.974 bits per heavy atom. The molecule has 1 heterocycles. The highest BCUT2D eigenvalue weighted by molar-refractivity contribution is 6.30. The van der Waals surface area contributed by atoms with E-state index in [9.17, 15) is 22.8 Å². The van der Waals surface area contributed by atoms with Gasteiger partial charge >= 0.3 is 0 Å². The van der Waals surface area contributed by atoms with E-state index in [0.717, 1.165) is 25.0 Å². The lowest BCUT2D eigenvalue weighted by Crippen LogP contribution is -2.14. The Hall–Kier alpha value is -2.62. The van der Waals surface area contributed by atoms with Gasteiger partial charge in [-0.3, -0.25) is 9.59 Å². The molecular weight excluding hydrogens is 531 g/mol. The second-order valence-corrected chi connectivity index (χ2v) is 10.5. The topological polar surface area (TPSA) is 90.5 Å². The zero-order valence-electron chi connectivity index (χ0n) is 23.7. The summed E-state index contributed by atoms with van der Waals surface area (Å²) in [5, 5.41) is 16.3. The van der Waals surface area contributed by atoms with Crippen molar-refractivity contribution in [2.75, 3.05) is 31.6 Å². The Morgan fingerprint density at radius 3 is 2.08 bits per heavy atom. The van der Waals surface area contributed by atoms with Crippen molar-refractivity contribution < 1.29 is 27.9 Å². The van der Waals surface area contributed by atoms with Gasteiger partial charge in [0.25, 0.3) is 0 Å². The van der Waals surface area contributed by atoms with E-state index < -0.39 is 17.5 Å². The van der Waals surface area contributed by atoms with E-state index in [2.05, 4.69) is 43.6 Å². The Labute approximate surface area is 235 Å². The largest absolute Gasteiger partial charge is 0.396 e. The maximum atomic E-state index is 14.4. The average Bonchev–Trinajstić information content (AvgIpc) is 3.36. The third kappa shape index (κ3) is 13.8. The lowest BCUT2D eigenvalue weighted by atomic mass is 9.83. The maximum Gasteiger partial charge on any atom is 0.211 e. The van der Waals surface area contributed by atoms with Crippen LogP contribution in [-0.2, 0) is 9.59 Å². The zero-order valence-corrected chi connectivity index (χ0v) is 24.5. The van der Waals surface area contributed by atoms with Crippen molar-refractivity contribution >= 4 is 30.1 Å². The number of aliphatic hydroxyl groups is 1. The molecule has 0 aliphatic carbocycles. The number of anilines is 1. The van der Waals surface area contributed by atoms with Crippen LogP contribution in [0.5, 0.6) is 0 Å². The normalized spacial score (nSPS) is 15.9. The second kappa shape index (κ2) is 19.4. The molecule has 0 saturated carbocycles. The van der Waals surface area contributed by atoms with Gasteiger partial charge in [-0.1, -0.05) is 65.3 Å². The molecular formula is C29H43ClF3N3O3. The van der Waals surface area contributed by atoms with Crippen molar-refractivity contribution in [1.82, 2.24) is 10.6 Å². The van der Waals surface area contributed by atoms with Gasteiger partial charge in [0.15, 0.2) is 11.6 Å². The molecule has 10 heteroatoms. The number of hydrogen-bond donors (Lipinski definition) is 4. The Bertz CT molecular complexity index is 998. The van der Waals surface area contributed by atoms with Gasteiger partial charge in [0.05, 0.1) is 5.02 Å². The number of benzene rings is 2. The number of hydrogen-bond acceptors (Lipinski definition) is 4. The van der Waals surface area contributed by atoms with Crippen LogP contribution in [-0.4, -0.2) is 44.2 Å². The monoisotopic (exact) mass is 573 g/mol. The standard InChI is InChI=1S/C17H14ClF3N2O.C5H11NO2.C5H12.C2H6/c18-13-3-1-2-9(17(13)21)11-6-22-7-12(11)10-4-14(19)15(20)5-16(10)23-8-24;7-4-2-1-3-6-5-8;1-5(2,3)4;1-2/h1-5,8,11-12,22H,6-7H2,(H,23,24);5,7H,1-4H2,(H,6,8);1-4H3;1-2H3. The highest BCUT2D eigenvalue weighted by Gasteiger charge is 2.34. The third-order valence-electron chi connectivity index (χ3n) is 5.11. The van der Waals surface area contributed by atoms with Crippen LogP contribution in [0.2, 0.25) is 5.02 Å². The highest BCUT2D eigenvalue weighted by atomic mass is 35.5. The van der Waals surface area contributed by atoms with Gasteiger partial charge in [0.2, 0.25) is 12.8 Å². The lowest BCUT2D eigenvalue weighted by molar-refractivity contribution is -0.109. The van der Waals surface area contributed by atoms with Gasteiger partial charge in [-0.15, -0.1) is 0 Å². The van der Waals surface area contributed by atoms with Crippen molar-refractivity contribution in [2.45, 2.75) is 66.2 Å². The molecule has 0 bridgehead atoms. The molecule has 2 aromatic rings. The number of carbonyl (C=O) groups excluding carboxylic acids is 2. The minimum Gasteiger partial charge on any atom is -0.396 e. The maximum absolute atomic E-state index is 14.4. The lowest BCUT2D eigenvalue weighted by Gasteiger charge is -2.22. The van der Waals surface area contributed by atoms with E-state index >= 15 is 0 Å². The number of aliphatic hydroxyl groups excluding tert-OH is 1. The van der Waals surface area contributed by atoms with E-state index in [-0.39, 0.29) is 29.2 Å².